The molecule has 0 radical (unpaired) electrons. The first-order chi connectivity index (χ1) is 9.06. The lowest BCUT2D eigenvalue weighted by molar-refractivity contribution is 0.407. The van der Waals surface area contributed by atoms with Crippen LogP contribution in [-0.2, 0) is 6.42 Å². The molecule has 0 saturated carbocycles. The van der Waals surface area contributed by atoms with Gasteiger partial charge in [0.05, 0.1) is 7.11 Å². The van der Waals surface area contributed by atoms with Crippen molar-refractivity contribution in [3.05, 3.63) is 29.3 Å². The summed E-state index contributed by atoms with van der Waals surface area (Å²) >= 11 is 2.03. The van der Waals surface area contributed by atoms with E-state index in [2.05, 4.69) is 44.3 Å². The maximum atomic E-state index is 5.45. The van der Waals surface area contributed by atoms with Gasteiger partial charge in [-0.25, -0.2) is 0 Å². The van der Waals surface area contributed by atoms with Gasteiger partial charge in [-0.1, -0.05) is 31.5 Å². The number of rotatable bonds is 8. The molecule has 0 amide bonds. The second-order valence-corrected chi connectivity index (χ2v) is 6.51. The van der Waals surface area contributed by atoms with Crippen LogP contribution in [0.15, 0.2) is 18.2 Å². The maximum Gasteiger partial charge on any atom is 0.122 e. The van der Waals surface area contributed by atoms with Gasteiger partial charge in [-0.3, -0.25) is 0 Å². The minimum atomic E-state index is 0.499. The molecule has 0 aliphatic rings. The smallest absolute Gasteiger partial charge is 0.122 e. The maximum absolute atomic E-state index is 5.45. The number of aryl methyl sites for hydroxylation is 1. The molecule has 0 aliphatic heterocycles. The molecule has 0 bridgehead atoms. The van der Waals surface area contributed by atoms with Crippen LogP contribution in [0.1, 0.15) is 25.0 Å². The molecule has 1 N–H and O–H groups in total. The first-order valence-electron chi connectivity index (χ1n) is 6.95. The van der Waals surface area contributed by atoms with Crippen molar-refractivity contribution in [2.75, 3.05) is 25.7 Å². The van der Waals surface area contributed by atoms with E-state index in [-0.39, 0.29) is 0 Å². The van der Waals surface area contributed by atoms with Crippen molar-refractivity contribution in [1.29, 1.82) is 0 Å². The Kier molecular flexibility index (Phi) is 7.32. The zero-order chi connectivity index (χ0) is 14.3. The van der Waals surface area contributed by atoms with Gasteiger partial charge in [0.15, 0.2) is 0 Å². The fourth-order valence-corrected chi connectivity index (χ4v) is 3.20. The zero-order valence-electron chi connectivity index (χ0n) is 12.8. The van der Waals surface area contributed by atoms with Gasteiger partial charge in [0, 0.05) is 11.8 Å². The summed E-state index contributed by atoms with van der Waals surface area (Å²) in [6, 6.07) is 6.90. The molecule has 1 unspecified atom stereocenters. The third-order valence-corrected chi connectivity index (χ3v) is 4.62. The van der Waals surface area contributed by atoms with Gasteiger partial charge in [-0.15, -0.1) is 0 Å². The fourth-order valence-electron chi connectivity index (χ4n) is 2.02. The molecule has 1 aromatic carbocycles. The number of nitrogens with one attached hydrogen (secondary N) is 1. The monoisotopic (exact) mass is 281 g/mol. The summed E-state index contributed by atoms with van der Waals surface area (Å²) in [6.07, 6.45) is 1.02. The Labute approximate surface area is 122 Å². The lowest BCUT2D eigenvalue weighted by Gasteiger charge is -2.18. The van der Waals surface area contributed by atoms with E-state index in [1.165, 1.54) is 16.9 Å². The number of methoxy groups -OCH3 is 1. The zero-order valence-corrected chi connectivity index (χ0v) is 13.6. The molecular weight excluding hydrogens is 254 g/mol. The summed E-state index contributed by atoms with van der Waals surface area (Å²) in [5.41, 5.74) is 2.59. The molecule has 1 atom stereocenters. The second-order valence-electron chi connectivity index (χ2n) is 5.44. The molecule has 0 saturated heterocycles. The summed E-state index contributed by atoms with van der Waals surface area (Å²) in [6.45, 7) is 6.67. The highest BCUT2D eigenvalue weighted by molar-refractivity contribution is 7.99. The minimum Gasteiger partial charge on any atom is -0.496 e. The number of likely N-dealkylation sites (N-methyl/N-ethyl adjacent to an activating group) is 1. The van der Waals surface area contributed by atoms with Crippen molar-refractivity contribution in [2.45, 2.75) is 33.2 Å². The van der Waals surface area contributed by atoms with Gasteiger partial charge < -0.3 is 10.1 Å². The summed E-state index contributed by atoms with van der Waals surface area (Å²) < 4.78 is 5.45. The van der Waals surface area contributed by atoms with Crippen LogP contribution in [0.3, 0.4) is 0 Å². The molecule has 1 aromatic rings. The summed E-state index contributed by atoms with van der Waals surface area (Å²) in [5, 5.41) is 3.42. The molecular formula is C16H27NOS. The number of hydrogen-bond acceptors (Lipinski definition) is 3. The molecule has 0 aliphatic carbocycles. The Morgan fingerprint density at radius 2 is 2.00 bits per heavy atom. The Hall–Kier alpha value is -0.670. The summed E-state index contributed by atoms with van der Waals surface area (Å²) in [4.78, 5) is 0. The second kappa shape index (κ2) is 8.49. The largest absolute Gasteiger partial charge is 0.496 e. The van der Waals surface area contributed by atoms with Gasteiger partial charge in [-0.05, 0) is 43.7 Å². The van der Waals surface area contributed by atoms with E-state index < -0.39 is 0 Å². The van der Waals surface area contributed by atoms with E-state index in [1.807, 2.05) is 18.8 Å². The van der Waals surface area contributed by atoms with Crippen LogP contribution in [-0.4, -0.2) is 31.7 Å². The van der Waals surface area contributed by atoms with E-state index in [9.17, 15) is 0 Å². The highest BCUT2D eigenvalue weighted by Crippen LogP contribution is 2.22. The van der Waals surface area contributed by atoms with Gasteiger partial charge in [0.1, 0.15) is 5.75 Å². The predicted molar refractivity (Wildman–Crippen MR) is 86.4 cm³/mol. The van der Waals surface area contributed by atoms with Crippen LogP contribution in [0, 0.1) is 12.8 Å². The SMILES string of the molecule is CNC(CSCC(C)C)Cc1cc(C)ccc1OC. The van der Waals surface area contributed by atoms with Crippen molar-refractivity contribution in [2.24, 2.45) is 5.92 Å². The molecule has 0 spiro atoms. The molecule has 2 nitrogen and oxygen atoms in total. The molecule has 108 valence electrons. The van der Waals surface area contributed by atoms with E-state index in [0.717, 1.165) is 23.8 Å². The van der Waals surface area contributed by atoms with Crippen molar-refractivity contribution in [3.63, 3.8) is 0 Å². The van der Waals surface area contributed by atoms with Gasteiger partial charge in [-0.2, -0.15) is 11.8 Å². The average Bonchev–Trinajstić information content (AvgIpc) is 2.37. The lowest BCUT2D eigenvalue weighted by Crippen LogP contribution is -2.30. The number of hydrogen-bond donors (Lipinski definition) is 1. The van der Waals surface area contributed by atoms with Crippen molar-refractivity contribution in [3.8, 4) is 5.75 Å². The molecule has 1 rings (SSSR count). The normalized spacial score (nSPS) is 12.7. The molecule has 0 fully saturated rings. The van der Waals surface area contributed by atoms with Crippen LogP contribution in [0.2, 0.25) is 0 Å². The van der Waals surface area contributed by atoms with Gasteiger partial charge in [0.2, 0.25) is 0 Å². The molecule has 0 aromatic heterocycles. The van der Waals surface area contributed by atoms with Crippen LogP contribution in [0.25, 0.3) is 0 Å². The van der Waals surface area contributed by atoms with Crippen LogP contribution in [0.4, 0.5) is 0 Å². The number of ether oxygens (including phenoxy) is 1. The number of benzene rings is 1. The van der Waals surface area contributed by atoms with Crippen molar-refractivity contribution >= 4 is 11.8 Å². The topological polar surface area (TPSA) is 21.3 Å². The Morgan fingerprint density at radius 1 is 1.26 bits per heavy atom. The predicted octanol–water partition coefficient (Wildman–Crippen LogP) is 3.52. The van der Waals surface area contributed by atoms with E-state index in [4.69, 9.17) is 4.74 Å². The summed E-state index contributed by atoms with van der Waals surface area (Å²) in [7, 11) is 3.79. The van der Waals surface area contributed by atoms with Crippen LogP contribution < -0.4 is 10.1 Å². The fraction of sp³-hybridized carbons (Fsp3) is 0.625. The molecule has 3 heteroatoms. The highest BCUT2D eigenvalue weighted by atomic mass is 32.2. The highest BCUT2D eigenvalue weighted by Gasteiger charge is 2.11. The van der Waals surface area contributed by atoms with Crippen LogP contribution in [0.5, 0.6) is 5.75 Å². The Morgan fingerprint density at radius 3 is 2.58 bits per heavy atom. The van der Waals surface area contributed by atoms with Crippen molar-refractivity contribution < 1.29 is 4.74 Å². The van der Waals surface area contributed by atoms with E-state index in [0.29, 0.717) is 6.04 Å². The quantitative estimate of drug-likeness (QED) is 0.788. The third-order valence-electron chi connectivity index (χ3n) is 3.08. The Balaban J connectivity index is 2.61. The van der Waals surface area contributed by atoms with Gasteiger partial charge >= 0.3 is 0 Å². The summed E-state index contributed by atoms with van der Waals surface area (Å²) in [5.74, 6) is 4.13. The number of thioether (sulfide) groups is 1. The van der Waals surface area contributed by atoms with Crippen molar-refractivity contribution in [1.82, 2.24) is 5.32 Å². The first kappa shape index (κ1) is 16.4. The first-order valence-corrected chi connectivity index (χ1v) is 8.10. The van der Waals surface area contributed by atoms with E-state index >= 15 is 0 Å². The Bertz CT molecular complexity index is 379. The molecule has 19 heavy (non-hydrogen) atoms. The standard InChI is InChI=1S/C16H27NOS/c1-12(2)10-19-11-15(17-4)9-14-8-13(3)6-7-16(14)18-5/h6-8,12,15,17H,9-11H2,1-5H3. The molecule has 0 heterocycles. The minimum absolute atomic E-state index is 0.499. The average molecular weight is 281 g/mol. The third kappa shape index (κ3) is 5.87. The van der Waals surface area contributed by atoms with Gasteiger partial charge in [0.25, 0.3) is 0 Å². The lowest BCUT2D eigenvalue weighted by atomic mass is 10.0. The van der Waals surface area contributed by atoms with Crippen LogP contribution >= 0.6 is 11.8 Å². The van der Waals surface area contributed by atoms with E-state index in [1.54, 1.807) is 7.11 Å².